The van der Waals surface area contributed by atoms with Gasteiger partial charge in [-0.2, -0.15) is 5.10 Å². The van der Waals surface area contributed by atoms with Crippen LogP contribution in [0.4, 0.5) is 0 Å². The van der Waals surface area contributed by atoms with Gasteiger partial charge < -0.3 is 0 Å². The number of aromatic nitrogens is 2. The van der Waals surface area contributed by atoms with Gasteiger partial charge in [-0.25, -0.2) is 0 Å². The molecule has 4 nitrogen and oxygen atoms in total. The summed E-state index contributed by atoms with van der Waals surface area (Å²) in [6.45, 7) is 0. The number of hydrogen-bond acceptors (Lipinski definition) is 3. The highest BCUT2D eigenvalue weighted by Gasteiger charge is 2.15. The average Bonchev–Trinajstić information content (AvgIpc) is 2.75. The quantitative estimate of drug-likeness (QED) is 0.669. The average molecular weight is 330 g/mol. The van der Waals surface area contributed by atoms with Crippen LogP contribution < -0.4 is 11.3 Å². The number of aryl methyl sites for hydroxylation is 1. The minimum Gasteiger partial charge on any atom is -0.275 e. The third-order valence-corrected chi connectivity index (χ3v) is 3.58. The monoisotopic (exact) mass is 328 g/mol. The molecular formula is C12H14BrClN4. The van der Waals surface area contributed by atoms with Crippen LogP contribution >= 0.6 is 27.5 Å². The van der Waals surface area contributed by atoms with Crippen molar-refractivity contribution in [3.05, 3.63) is 51.2 Å². The van der Waals surface area contributed by atoms with E-state index in [9.17, 15) is 0 Å². The van der Waals surface area contributed by atoms with Crippen LogP contribution in [0.1, 0.15) is 17.3 Å². The van der Waals surface area contributed by atoms with Crippen LogP contribution in [0.15, 0.2) is 34.9 Å². The predicted molar refractivity (Wildman–Crippen MR) is 76.1 cm³/mol. The Labute approximate surface area is 119 Å². The van der Waals surface area contributed by atoms with Crippen molar-refractivity contribution >= 4 is 27.5 Å². The Morgan fingerprint density at radius 1 is 1.50 bits per heavy atom. The number of halogens is 2. The van der Waals surface area contributed by atoms with Gasteiger partial charge >= 0.3 is 0 Å². The first kappa shape index (κ1) is 13.5. The Balaban J connectivity index is 2.20. The Kier molecular flexibility index (Phi) is 4.40. The van der Waals surface area contributed by atoms with Crippen molar-refractivity contribution in [1.82, 2.24) is 15.2 Å². The van der Waals surface area contributed by atoms with Crippen LogP contribution in [0.25, 0.3) is 0 Å². The zero-order valence-corrected chi connectivity index (χ0v) is 12.2. The molecule has 18 heavy (non-hydrogen) atoms. The minimum atomic E-state index is -0.0510. The zero-order valence-electron chi connectivity index (χ0n) is 9.90. The van der Waals surface area contributed by atoms with E-state index >= 15 is 0 Å². The molecule has 1 heterocycles. The van der Waals surface area contributed by atoms with E-state index < -0.39 is 0 Å². The smallest absolute Gasteiger partial charge is 0.0810 e. The number of benzene rings is 1. The van der Waals surface area contributed by atoms with E-state index in [1.807, 2.05) is 37.5 Å². The fourth-order valence-corrected chi connectivity index (χ4v) is 2.53. The van der Waals surface area contributed by atoms with Gasteiger partial charge in [0.05, 0.1) is 11.7 Å². The Bertz CT molecular complexity index is 541. The van der Waals surface area contributed by atoms with E-state index in [2.05, 4.69) is 26.5 Å². The van der Waals surface area contributed by atoms with Crippen LogP contribution in [0.2, 0.25) is 5.02 Å². The van der Waals surface area contributed by atoms with Crippen molar-refractivity contribution in [2.24, 2.45) is 12.9 Å². The number of nitrogens with two attached hydrogens (primary N) is 1. The van der Waals surface area contributed by atoms with E-state index in [0.29, 0.717) is 6.42 Å². The van der Waals surface area contributed by atoms with Gasteiger partial charge in [-0.1, -0.05) is 33.6 Å². The molecule has 0 aliphatic heterocycles. The number of nitrogens with zero attached hydrogens (tertiary/aromatic N) is 2. The number of hydrazine groups is 1. The van der Waals surface area contributed by atoms with Gasteiger partial charge in [0.2, 0.25) is 0 Å². The first-order valence-corrected chi connectivity index (χ1v) is 6.67. The maximum Gasteiger partial charge on any atom is 0.0810 e. The van der Waals surface area contributed by atoms with Crippen molar-refractivity contribution in [2.75, 3.05) is 0 Å². The summed E-state index contributed by atoms with van der Waals surface area (Å²) in [4.78, 5) is 0. The summed E-state index contributed by atoms with van der Waals surface area (Å²) in [7, 11) is 1.88. The molecule has 0 spiro atoms. The molecule has 0 aliphatic carbocycles. The summed E-state index contributed by atoms with van der Waals surface area (Å²) >= 11 is 9.59. The lowest BCUT2D eigenvalue weighted by molar-refractivity contribution is 0.529. The topological polar surface area (TPSA) is 55.9 Å². The first-order chi connectivity index (χ1) is 8.60. The van der Waals surface area contributed by atoms with E-state index in [1.54, 1.807) is 4.68 Å². The standard InChI is InChI=1S/C12H14BrClN4/c1-18-5-4-11(17-18)12(16-15)6-8-2-3-9(13)7-10(8)14/h2-5,7,12,16H,6,15H2,1H3. The van der Waals surface area contributed by atoms with E-state index in [-0.39, 0.29) is 6.04 Å². The fourth-order valence-electron chi connectivity index (χ4n) is 1.77. The molecular weight excluding hydrogens is 316 g/mol. The second-order valence-corrected chi connectivity index (χ2v) is 5.40. The molecule has 0 saturated carbocycles. The SMILES string of the molecule is Cn1ccc(C(Cc2ccc(Br)cc2Cl)NN)n1. The van der Waals surface area contributed by atoms with Gasteiger partial charge in [0.1, 0.15) is 0 Å². The Morgan fingerprint density at radius 2 is 2.28 bits per heavy atom. The molecule has 0 fully saturated rings. The fraction of sp³-hybridized carbons (Fsp3) is 0.250. The second kappa shape index (κ2) is 5.84. The number of rotatable bonds is 4. The maximum atomic E-state index is 6.20. The Hall–Kier alpha value is -0.880. The molecule has 6 heteroatoms. The van der Waals surface area contributed by atoms with Gasteiger partial charge in [-0.15, -0.1) is 0 Å². The van der Waals surface area contributed by atoms with Gasteiger partial charge in [-0.3, -0.25) is 16.0 Å². The third-order valence-electron chi connectivity index (χ3n) is 2.73. The molecule has 1 unspecified atom stereocenters. The van der Waals surface area contributed by atoms with E-state index in [0.717, 1.165) is 20.8 Å². The van der Waals surface area contributed by atoms with Gasteiger partial charge in [0, 0.05) is 22.7 Å². The van der Waals surface area contributed by atoms with Gasteiger partial charge in [-0.05, 0) is 30.2 Å². The third kappa shape index (κ3) is 3.11. The van der Waals surface area contributed by atoms with Crippen molar-refractivity contribution in [3.63, 3.8) is 0 Å². The van der Waals surface area contributed by atoms with Gasteiger partial charge in [0.25, 0.3) is 0 Å². The highest BCUT2D eigenvalue weighted by atomic mass is 79.9. The maximum absolute atomic E-state index is 6.20. The highest BCUT2D eigenvalue weighted by molar-refractivity contribution is 9.10. The lowest BCUT2D eigenvalue weighted by Gasteiger charge is -2.14. The summed E-state index contributed by atoms with van der Waals surface area (Å²) in [5.41, 5.74) is 4.71. The lowest BCUT2D eigenvalue weighted by atomic mass is 10.0. The van der Waals surface area contributed by atoms with Crippen LogP contribution in [0.5, 0.6) is 0 Å². The summed E-state index contributed by atoms with van der Waals surface area (Å²) in [5, 5.41) is 5.07. The molecule has 0 amide bonds. The normalized spacial score (nSPS) is 12.7. The van der Waals surface area contributed by atoms with Crippen molar-refractivity contribution < 1.29 is 0 Å². The predicted octanol–water partition coefficient (Wildman–Crippen LogP) is 2.58. The lowest BCUT2D eigenvalue weighted by Crippen LogP contribution is -2.30. The molecule has 1 aromatic carbocycles. The van der Waals surface area contributed by atoms with E-state index in [1.165, 1.54) is 0 Å². The molecule has 0 aliphatic rings. The molecule has 1 atom stereocenters. The highest BCUT2D eigenvalue weighted by Crippen LogP contribution is 2.25. The minimum absolute atomic E-state index is 0.0510. The molecule has 0 saturated heterocycles. The summed E-state index contributed by atoms with van der Waals surface area (Å²) in [6, 6.07) is 7.72. The second-order valence-electron chi connectivity index (χ2n) is 4.07. The summed E-state index contributed by atoms with van der Waals surface area (Å²) < 4.78 is 2.72. The van der Waals surface area contributed by atoms with Crippen LogP contribution in [-0.4, -0.2) is 9.78 Å². The summed E-state index contributed by atoms with van der Waals surface area (Å²) in [5.74, 6) is 5.59. The Morgan fingerprint density at radius 3 is 2.83 bits per heavy atom. The zero-order chi connectivity index (χ0) is 13.1. The first-order valence-electron chi connectivity index (χ1n) is 5.49. The molecule has 3 N–H and O–H groups in total. The summed E-state index contributed by atoms with van der Waals surface area (Å²) in [6.07, 6.45) is 2.59. The molecule has 1 aromatic heterocycles. The van der Waals surface area contributed by atoms with E-state index in [4.69, 9.17) is 17.4 Å². The van der Waals surface area contributed by atoms with Crippen molar-refractivity contribution in [2.45, 2.75) is 12.5 Å². The van der Waals surface area contributed by atoms with Crippen molar-refractivity contribution in [1.29, 1.82) is 0 Å². The van der Waals surface area contributed by atoms with Crippen molar-refractivity contribution in [3.8, 4) is 0 Å². The van der Waals surface area contributed by atoms with Crippen LogP contribution in [0.3, 0.4) is 0 Å². The number of hydrogen-bond donors (Lipinski definition) is 2. The van der Waals surface area contributed by atoms with Crippen LogP contribution in [-0.2, 0) is 13.5 Å². The number of nitrogens with one attached hydrogen (secondary N) is 1. The van der Waals surface area contributed by atoms with Gasteiger partial charge in [0.15, 0.2) is 0 Å². The largest absolute Gasteiger partial charge is 0.275 e. The molecule has 0 bridgehead atoms. The molecule has 2 rings (SSSR count). The molecule has 96 valence electrons. The van der Waals surface area contributed by atoms with Crippen LogP contribution in [0, 0.1) is 0 Å². The molecule has 2 aromatic rings. The molecule has 0 radical (unpaired) electrons.